The third-order valence-corrected chi connectivity index (χ3v) is 8.45. The Kier molecular flexibility index (Phi) is 4.12. The molecule has 0 atom stereocenters. The van der Waals surface area contributed by atoms with E-state index in [9.17, 15) is 0 Å². The van der Waals surface area contributed by atoms with E-state index < -0.39 is 0 Å². The number of aryl methyl sites for hydroxylation is 1. The van der Waals surface area contributed by atoms with E-state index in [1.165, 1.54) is 25.7 Å². The van der Waals surface area contributed by atoms with Crippen LogP contribution in [-0.2, 0) is 0 Å². The normalized spacial score (nSPS) is 12.4. The van der Waals surface area contributed by atoms with Gasteiger partial charge >= 0.3 is 0 Å². The van der Waals surface area contributed by atoms with Crippen molar-refractivity contribution in [2.75, 3.05) is 0 Å². The van der Waals surface area contributed by atoms with Crippen molar-refractivity contribution >= 4 is 75.4 Å². The Balaban J connectivity index is 1.35. The summed E-state index contributed by atoms with van der Waals surface area (Å²) in [4.78, 5) is 25.9. The van der Waals surface area contributed by atoms with E-state index in [4.69, 9.17) is 15.0 Å². The molecule has 4 heterocycles. The number of hydrogen-bond acceptors (Lipinski definition) is 5. The lowest BCUT2D eigenvalue weighted by Crippen LogP contribution is -1.88. The van der Waals surface area contributed by atoms with Gasteiger partial charge in [-0.1, -0.05) is 44.2 Å². The Bertz CT molecular complexity index is 2200. The topological polar surface area (TPSA) is 83.1 Å². The first-order valence-electron chi connectivity index (χ1n) is 12.4. The molecular formula is C30H22N6S. The summed E-state index contributed by atoms with van der Waals surface area (Å²) in [5, 5.41) is 4.72. The second kappa shape index (κ2) is 7.33. The number of nitrogens with one attached hydrogen (secondary N) is 2. The number of rotatable bonds is 2. The molecule has 0 aliphatic carbocycles. The Morgan fingerprint density at radius 2 is 1.46 bits per heavy atom. The quantitative estimate of drug-likeness (QED) is 0.237. The summed E-state index contributed by atoms with van der Waals surface area (Å²) in [6.45, 7) is 6.31. The second-order valence-corrected chi connectivity index (χ2v) is 11.0. The van der Waals surface area contributed by atoms with Crippen LogP contribution in [0, 0.1) is 6.92 Å². The van der Waals surface area contributed by atoms with Gasteiger partial charge in [-0.2, -0.15) is 0 Å². The zero-order chi connectivity index (χ0) is 24.8. The van der Waals surface area contributed by atoms with Crippen LogP contribution in [0.2, 0.25) is 0 Å². The molecule has 0 spiro atoms. The molecule has 2 N–H and O–H groups in total. The van der Waals surface area contributed by atoms with Crippen molar-refractivity contribution in [2.45, 2.75) is 26.7 Å². The molecule has 0 aliphatic heterocycles. The Morgan fingerprint density at radius 3 is 2.30 bits per heavy atom. The van der Waals surface area contributed by atoms with Crippen molar-refractivity contribution in [3.05, 3.63) is 72.6 Å². The van der Waals surface area contributed by atoms with Crippen LogP contribution in [0.4, 0.5) is 0 Å². The van der Waals surface area contributed by atoms with Crippen LogP contribution in [0.5, 0.6) is 0 Å². The number of imidazole rings is 2. The van der Waals surface area contributed by atoms with Gasteiger partial charge in [0, 0.05) is 44.6 Å². The Hall–Kier alpha value is -4.36. The van der Waals surface area contributed by atoms with Gasteiger partial charge in [0.1, 0.15) is 28.2 Å². The number of hydrogen-bond donors (Lipinski definition) is 2. The molecule has 37 heavy (non-hydrogen) atoms. The van der Waals surface area contributed by atoms with Gasteiger partial charge in [-0.15, -0.1) is 11.3 Å². The van der Waals surface area contributed by atoms with E-state index in [0.717, 1.165) is 61.1 Å². The third-order valence-electron chi connectivity index (χ3n) is 7.28. The summed E-state index contributed by atoms with van der Waals surface area (Å²) in [7, 11) is 0. The van der Waals surface area contributed by atoms with E-state index in [0.29, 0.717) is 5.92 Å². The molecule has 4 aromatic heterocycles. The number of fused-ring (bicyclic) bond motifs is 11. The van der Waals surface area contributed by atoms with Crippen molar-refractivity contribution in [3.8, 4) is 11.1 Å². The number of aromatic nitrogens is 6. The molecule has 0 fully saturated rings. The number of nitrogens with zero attached hydrogens (tertiary/aromatic N) is 4. The minimum Gasteiger partial charge on any atom is -0.342 e. The fourth-order valence-electron chi connectivity index (χ4n) is 5.48. The molecule has 6 nitrogen and oxygen atoms in total. The monoisotopic (exact) mass is 498 g/mol. The molecule has 8 rings (SSSR count). The summed E-state index contributed by atoms with van der Waals surface area (Å²) in [5.41, 5.74) is 8.10. The molecule has 7 heteroatoms. The maximum atomic E-state index is 4.94. The average Bonchev–Trinajstić information content (AvgIpc) is 3.62. The van der Waals surface area contributed by atoms with Gasteiger partial charge in [-0.05, 0) is 36.2 Å². The highest BCUT2D eigenvalue weighted by atomic mass is 32.1. The highest BCUT2D eigenvalue weighted by molar-refractivity contribution is 7.26. The van der Waals surface area contributed by atoms with Crippen LogP contribution >= 0.6 is 11.3 Å². The lowest BCUT2D eigenvalue weighted by Gasteiger charge is -2.08. The number of H-pyrrole nitrogens is 2. The van der Waals surface area contributed by atoms with E-state index in [-0.39, 0.29) is 0 Å². The van der Waals surface area contributed by atoms with E-state index in [1.807, 2.05) is 18.3 Å². The molecule has 0 radical (unpaired) electrons. The van der Waals surface area contributed by atoms with Crippen molar-refractivity contribution in [3.63, 3.8) is 0 Å². The fraction of sp³-hybridized carbons (Fsp3) is 0.133. The van der Waals surface area contributed by atoms with Crippen LogP contribution in [0.3, 0.4) is 0 Å². The first-order valence-corrected chi connectivity index (χ1v) is 13.2. The minimum atomic E-state index is 0.365. The average molecular weight is 499 g/mol. The van der Waals surface area contributed by atoms with E-state index in [1.54, 1.807) is 12.4 Å². The molecular weight excluding hydrogens is 476 g/mol. The smallest absolute Gasteiger partial charge is 0.117 e. The first kappa shape index (κ1) is 20.8. The van der Waals surface area contributed by atoms with Crippen LogP contribution in [0.15, 0.2) is 60.9 Å². The van der Waals surface area contributed by atoms with Gasteiger partial charge in [-0.3, -0.25) is 9.97 Å². The van der Waals surface area contributed by atoms with Crippen molar-refractivity contribution in [2.24, 2.45) is 0 Å². The highest BCUT2D eigenvalue weighted by Crippen LogP contribution is 2.41. The molecule has 0 saturated heterocycles. The number of benzene rings is 4. The van der Waals surface area contributed by atoms with Gasteiger partial charge < -0.3 is 9.97 Å². The van der Waals surface area contributed by atoms with Crippen molar-refractivity contribution in [1.29, 1.82) is 0 Å². The SMILES string of the molecule is Cc1nc2c3nccnc3c3cc(-c4ccc5c(c4)sc4c5ccc5[nH]c(C(C)C)nc54)ccc3c2[nH]1. The van der Waals surface area contributed by atoms with Crippen molar-refractivity contribution < 1.29 is 0 Å². The lowest BCUT2D eigenvalue weighted by atomic mass is 9.98. The first-order chi connectivity index (χ1) is 18.0. The summed E-state index contributed by atoms with van der Waals surface area (Å²) in [5.74, 6) is 2.28. The fourth-order valence-corrected chi connectivity index (χ4v) is 6.72. The molecule has 0 unspecified atom stereocenters. The van der Waals surface area contributed by atoms with Gasteiger partial charge in [0.15, 0.2) is 0 Å². The van der Waals surface area contributed by atoms with E-state index >= 15 is 0 Å². The zero-order valence-electron chi connectivity index (χ0n) is 20.5. The molecule has 0 bridgehead atoms. The summed E-state index contributed by atoms with van der Waals surface area (Å²) < 4.78 is 2.50. The maximum Gasteiger partial charge on any atom is 0.117 e. The molecule has 0 amide bonds. The van der Waals surface area contributed by atoms with Crippen LogP contribution in [0.25, 0.3) is 75.2 Å². The van der Waals surface area contributed by atoms with Crippen LogP contribution in [0.1, 0.15) is 31.4 Å². The molecule has 4 aromatic carbocycles. The van der Waals surface area contributed by atoms with Crippen LogP contribution in [-0.4, -0.2) is 29.9 Å². The summed E-state index contributed by atoms with van der Waals surface area (Å²) in [6.07, 6.45) is 3.49. The largest absolute Gasteiger partial charge is 0.342 e. The van der Waals surface area contributed by atoms with Gasteiger partial charge in [0.05, 0.1) is 21.3 Å². The Labute approximate surface area is 215 Å². The predicted octanol–water partition coefficient (Wildman–Crippen LogP) is 8.00. The molecule has 8 aromatic rings. The Morgan fingerprint density at radius 1 is 0.703 bits per heavy atom. The van der Waals surface area contributed by atoms with Gasteiger partial charge in [-0.25, -0.2) is 9.97 Å². The van der Waals surface area contributed by atoms with Crippen LogP contribution < -0.4 is 0 Å². The standard InChI is InChI=1S/C30H22N6S/c1-14(2)30-35-22-9-8-20-18-6-4-17(13-23(18)37-29(20)26(22)36-30)16-5-7-19-21(12-16)24-27(32-11-10-31-24)28-25(19)33-15(3)34-28/h4-14H,1-3H3,(H,33,34)(H,35,36). The number of aromatic amines is 2. The zero-order valence-corrected chi connectivity index (χ0v) is 21.4. The van der Waals surface area contributed by atoms with Gasteiger partial charge in [0.25, 0.3) is 0 Å². The second-order valence-electron chi connectivity index (χ2n) is 9.99. The maximum absolute atomic E-state index is 4.94. The summed E-state index contributed by atoms with van der Waals surface area (Å²) >= 11 is 1.82. The predicted molar refractivity (Wildman–Crippen MR) is 153 cm³/mol. The molecule has 0 saturated carbocycles. The molecule has 0 aliphatic rings. The summed E-state index contributed by atoms with van der Waals surface area (Å²) in [6, 6.07) is 17.7. The third kappa shape index (κ3) is 2.92. The van der Waals surface area contributed by atoms with Crippen molar-refractivity contribution in [1.82, 2.24) is 29.9 Å². The van der Waals surface area contributed by atoms with Gasteiger partial charge in [0.2, 0.25) is 0 Å². The molecule has 178 valence electrons. The lowest BCUT2D eigenvalue weighted by molar-refractivity contribution is 0.799. The minimum absolute atomic E-state index is 0.365. The number of thiophene rings is 1. The van der Waals surface area contributed by atoms with E-state index in [2.05, 4.69) is 77.3 Å². The highest BCUT2D eigenvalue weighted by Gasteiger charge is 2.16.